The number of para-hydroxylation sites is 1. The second-order valence-electron chi connectivity index (χ2n) is 4.54. The average Bonchev–Trinajstić information content (AvgIpc) is 2.01. The predicted molar refractivity (Wildman–Crippen MR) is 62.1 cm³/mol. The lowest BCUT2D eigenvalue weighted by Crippen LogP contribution is -2.40. The van der Waals surface area contributed by atoms with Crippen LogP contribution in [0.1, 0.15) is 26.3 Å². The maximum absolute atomic E-state index is 5.85. The van der Waals surface area contributed by atoms with E-state index in [1.54, 1.807) is 0 Å². The molecule has 0 spiro atoms. The highest BCUT2D eigenvalue weighted by Gasteiger charge is 2.09. The topological polar surface area (TPSA) is 50.1 Å². The van der Waals surface area contributed by atoms with Crippen LogP contribution in [-0.2, 0) is 0 Å². The molecule has 14 heavy (non-hydrogen) atoms. The Balaban J connectivity index is 2.77. The van der Waals surface area contributed by atoms with E-state index in [1.807, 2.05) is 25.1 Å². The van der Waals surface area contributed by atoms with Gasteiger partial charge in [-0.2, -0.15) is 0 Å². The van der Waals surface area contributed by atoms with Crippen molar-refractivity contribution >= 4 is 11.4 Å². The summed E-state index contributed by atoms with van der Waals surface area (Å²) in [6, 6.07) is 5.87. The molecule has 3 nitrogen and oxygen atoms in total. The number of hydrogen-bond acceptors (Lipinski definition) is 3. The highest BCUT2D eigenvalue weighted by molar-refractivity contribution is 5.69. The molecule has 0 aliphatic carbocycles. The van der Waals surface area contributed by atoms with Gasteiger partial charge in [0, 0.05) is 5.54 Å². The van der Waals surface area contributed by atoms with Crippen molar-refractivity contribution in [1.29, 1.82) is 0 Å². The third-order valence-electron chi connectivity index (χ3n) is 1.87. The Morgan fingerprint density at radius 2 is 1.86 bits per heavy atom. The molecule has 0 unspecified atom stereocenters. The highest BCUT2D eigenvalue weighted by Crippen LogP contribution is 2.21. The van der Waals surface area contributed by atoms with Crippen LogP contribution < -0.4 is 16.6 Å². The summed E-state index contributed by atoms with van der Waals surface area (Å²) >= 11 is 0. The van der Waals surface area contributed by atoms with Gasteiger partial charge in [0.2, 0.25) is 0 Å². The molecule has 0 fully saturated rings. The maximum Gasteiger partial charge on any atom is 0.0747 e. The molecule has 0 bridgehead atoms. The molecule has 0 radical (unpaired) electrons. The van der Waals surface area contributed by atoms with E-state index in [0.717, 1.165) is 16.9 Å². The second kappa shape index (κ2) is 3.88. The Morgan fingerprint density at radius 3 is 2.36 bits per heavy atom. The number of nitrogen functional groups attached to an aromatic ring is 1. The monoisotopic (exact) mass is 193 g/mol. The smallest absolute Gasteiger partial charge is 0.0747 e. The van der Waals surface area contributed by atoms with Gasteiger partial charge in [0.15, 0.2) is 0 Å². The summed E-state index contributed by atoms with van der Waals surface area (Å²) in [5.41, 5.74) is 15.1. The van der Waals surface area contributed by atoms with Crippen molar-refractivity contribution in [1.82, 2.24) is 5.43 Å². The number of rotatable bonds is 2. The number of benzene rings is 1. The van der Waals surface area contributed by atoms with Gasteiger partial charge in [-0.3, -0.25) is 0 Å². The molecule has 78 valence electrons. The third kappa shape index (κ3) is 2.92. The molecule has 1 aromatic carbocycles. The molecule has 4 N–H and O–H groups in total. The van der Waals surface area contributed by atoms with Crippen molar-refractivity contribution in [3.05, 3.63) is 23.8 Å². The molecule has 0 aromatic heterocycles. The van der Waals surface area contributed by atoms with Crippen LogP contribution in [0.2, 0.25) is 0 Å². The molecule has 0 atom stereocenters. The van der Waals surface area contributed by atoms with Crippen molar-refractivity contribution in [3.63, 3.8) is 0 Å². The van der Waals surface area contributed by atoms with Gasteiger partial charge in [0.1, 0.15) is 0 Å². The predicted octanol–water partition coefficient (Wildman–Crippen LogP) is 2.29. The Hall–Kier alpha value is -1.22. The molecule has 1 rings (SSSR count). The van der Waals surface area contributed by atoms with Gasteiger partial charge < -0.3 is 11.2 Å². The van der Waals surface area contributed by atoms with Crippen molar-refractivity contribution in [2.75, 3.05) is 11.2 Å². The normalized spacial score (nSPS) is 11.4. The largest absolute Gasteiger partial charge is 0.397 e. The van der Waals surface area contributed by atoms with E-state index in [0.29, 0.717) is 0 Å². The average molecular weight is 193 g/mol. The van der Waals surface area contributed by atoms with Crippen LogP contribution in [0.5, 0.6) is 0 Å². The Morgan fingerprint density at radius 1 is 1.21 bits per heavy atom. The quantitative estimate of drug-likeness (QED) is 0.499. The van der Waals surface area contributed by atoms with Crippen molar-refractivity contribution < 1.29 is 0 Å². The Kier molecular flexibility index (Phi) is 3.01. The molecule has 0 amide bonds. The van der Waals surface area contributed by atoms with E-state index >= 15 is 0 Å². The molecular weight excluding hydrogens is 174 g/mol. The highest BCUT2D eigenvalue weighted by atomic mass is 15.4. The van der Waals surface area contributed by atoms with Gasteiger partial charge in [-0.05, 0) is 39.3 Å². The molecule has 1 aromatic rings. The van der Waals surface area contributed by atoms with Crippen LogP contribution in [0.15, 0.2) is 18.2 Å². The minimum absolute atomic E-state index is 0.0225. The lowest BCUT2D eigenvalue weighted by molar-refractivity contribution is 0.465. The zero-order valence-electron chi connectivity index (χ0n) is 9.31. The number of aryl methyl sites for hydroxylation is 1. The van der Waals surface area contributed by atoms with Crippen LogP contribution in [-0.4, -0.2) is 5.54 Å². The summed E-state index contributed by atoms with van der Waals surface area (Å²) in [4.78, 5) is 0. The molecule has 0 aliphatic heterocycles. The minimum atomic E-state index is 0.0225. The first-order valence-electron chi connectivity index (χ1n) is 4.78. The molecule has 3 heteroatoms. The third-order valence-corrected chi connectivity index (χ3v) is 1.87. The van der Waals surface area contributed by atoms with E-state index in [1.165, 1.54) is 0 Å². The SMILES string of the molecule is Cc1cccc(N)c1NNC(C)(C)C. The number of anilines is 2. The number of hydrazine groups is 1. The minimum Gasteiger partial charge on any atom is -0.397 e. The van der Waals surface area contributed by atoms with Gasteiger partial charge in [-0.25, -0.2) is 5.43 Å². The molecule has 0 heterocycles. The summed E-state index contributed by atoms with van der Waals surface area (Å²) in [6.45, 7) is 8.31. The fraction of sp³-hybridized carbons (Fsp3) is 0.455. The standard InChI is InChI=1S/C11H19N3/c1-8-6-5-7-9(12)10(8)13-14-11(2,3)4/h5-7,13-14H,12H2,1-4H3. The van der Waals surface area contributed by atoms with E-state index in [4.69, 9.17) is 5.73 Å². The fourth-order valence-corrected chi connectivity index (χ4v) is 1.11. The van der Waals surface area contributed by atoms with Crippen molar-refractivity contribution in [2.45, 2.75) is 33.2 Å². The second-order valence-corrected chi connectivity index (χ2v) is 4.54. The van der Waals surface area contributed by atoms with Crippen molar-refractivity contribution in [3.8, 4) is 0 Å². The van der Waals surface area contributed by atoms with E-state index in [-0.39, 0.29) is 5.54 Å². The van der Waals surface area contributed by atoms with Crippen LogP contribution in [0.25, 0.3) is 0 Å². The summed E-state index contributed by atoms with van der Waals surface area (Å²) in [6.07, 6.45) is 0. The molecule has 0 saturated heterocycles. The zero-order valence-corrected chi connectivity index (χ0v) is 9.31. The molecule has 0 saturated carbocycles. The number of nitrogens with one attached hydrogen (secondary N) is 2. The summed E-state index contributed by atoms with van der Waals surface area (Å²) in [5, 5.41) is 0. The lowest BCUT2D eigenvalue weighted by Gasteiger charge is -2.23. The van der Waals surface area contributed by atoms with Gasteiger partial charge in [-0.15, -0.1) is 0 Å². The van der Waals surface area contributed by atoms with E-state index in [9.17, 15) is 0 Å². The summed E-state index contributed by atoms with van der Waals surface area (Å²) in [7, 11) is 0. The Bertz CT molecular complexity index is 293. The summed E-state index contributed by atoms with van der Waals surface area (Å²) in [5.74, 6) is 0. The summed E-state index contributed by atoms with van der Waals surface area (Å²) < 4.78 is 0. The van der Waals surface area contributed by atoms with Crippen LogP contribution in [0.3, 0.4) is 0 Å². The molecular formula is C11H19N3. The van der Waals surface area contributed by atoms with E-state index in [2.05, 4.69) is 31.6 Å². The van der Waals surface area contributed by atoms with Gasteiger partial charge >= 0.3 is 0 Å². The van der Waals surface area contributed by atoms with Crippen LogP contribution >= 0.6 is 0 Å². The van der Waals surface area contributed by atoms with Crippen LogP contribution in [0.4, 0.5) is 11.4 Å². The van der Waals surface area contributed by atoms with Crippen molar-refractivity contribution in [2.24, 2.45) is 0 Å². The van der Waals surface area contributed by atoms with Gasteiger partial charge in [-0.1, -0.05) is 12.1 Å². The fourth-order valence-electron chi connectivity index (χ4n) is 1.11. The first-order valence-corrected chi connectivity index (χ1v) is 4.78. The first kappa shape index (κ1) is 10.9. The Labute approximate surface area is 85.7 Å². The zero-order chi connectivity index (χ0) is 10.8. The van der Waals surface area contributed by atoms with Gasteiger partial charge in [0.25, 0.3) is 0 Å². The van der Waals surface area contributed by atoms with E-state index < -0.39 is 0 Å². The molecule has 0 aliphatic rings. The first-order chi connectivity index (χ1) is 6.40. The lowest BCUT2D eigenvalue weighted by atomic mass is 10.1. The maximum atomic E-state index is 5.85. The number of hydrogen-bond donors (Lipinski definition) is 3. The number of nitrogens with two attached hydrogens (primary N) is 1. The van der Waals surface area contributed by atoms with Crippen LogP contribution in [0, 0.1) is 6.92 Å². The van der Waals surface area contributed by atoms with Gasteiger partial charge in [0.05, 0.1) is 11.4 Å².